The number of carbonyl (C=O) groups is 3. The van der Waals surface area contributed by atoms with Gasteiger partial charge in [0.15, 0.2) is 0 Å². The van der Waals surface area contributed by atoms with Crippen molar-refractivity contribution in [1.29, 1.82) is 0 Å². The second-order valence-corrected chi connectivity index (χ2v) is 12.7. The first kappa shape index (κ1) is 34.7. The molecule has 3 aromatic carbocycles. The van der Waals surface area contributed by atoms with Gasteiger partial charge >= 0.3 is 5.97 Å². The number of hydrogen-bond acceptors (Lipinski definition) is 9. The van der Waals surface area contributed by atoms with Crippen molar-refractivity contribution in [3.63, 3.8) is 0 Å². The lowest BCUT2D eigenvalue weighted by Gasteiger charge is -2.47. The summed E-state index contributed by atoms with van der Waals surface area (Å²) in [4.78, 5) is 37.3. The third kappa shape index (κ3) is 7.96. The Morgan fingerprint density at radius 2 is 1.59 bits per heavy atom. The number of methoxy groups -OCH3 is 1. The van der Waals surface area contributed by atoms with E-state index in [1.165, 1.54) is 12.1 Å². The molecule has 0 aliphatic carbocycles. The highest BCUT2D eigenvalue weighted by Crippen LogP contribution is 2.34. The van der Waals surface area contributed by atoms with Gasteiger partial charge in [-0.15, -0.1) is 0 Å². The molecule has 1 aliphatic heterocycles. The molecule has 13 nitrogen and oxygen atoms in total. The Labute approximate surface area is 266 Å². The predicted octanol–water partition coefficient (Wildman–Crippen LogP) is 1.18. The Kier molecular flexibility index (Phi) is 10.9. The van der Waals surface area contributed by atoms with Crippen LogP contribution in [0.15, 0.2) is 83.8 Å². The Morgan fingerprint density at radius 3 is 2.15 bits per heavy atom. The van der Waals surface area contributed by atoms with E-state index in [9.17, 15) is 38.1 Å². The van der Waals surface area contributed by atoms with Crippen molar-refractivity contribution >= 4 is 27.8 Å². The Morgan fingerprint density at radius 1 is 0.978 bits per heavy atom. The molecule has 246 valence electrons. The van der Waals surface area contributed by atoms with E-state index in [2.05, 4.69) is 15.4 Å². The summed E-state index contributed by atoms with van der Waals surface area (Å²) >= 11 is 0. The van der Waals surface area contributed by atoms with Crippen LogP contribution in [0.1, 0.15) is 29.3 Å². The minimum Gasteiger partial charge on any atom is -0.477 e. The summed E-state index contributed by atoms with van der Waals surface area (Å²) in [6, 6.07) is 19.4. The first-order valence-corrected chi connectivity index (χ1v) is 15.9. The van der Waals surface area contributed by atoms with E-state index in [1.807, 2.05) is 30.3 Å². The summed E-state index contributed by atoms with van der Waals surface area (Å²) in [5.74, 6) is -5.30. The van der Waals surface area contributed by atoms with Gasteiger partial charge in [0.1, 0.15) is 12.2 Å². The van der Waals surface area contributed by atoms with E-state index in [0.717, 1.165) is 30.7 Å². The van der Waals surface area contributed by atoms with Crippen molar-refractivity contribution < 1.29 is 47.6 Å². The fourth-order valence-electron chi connectivity index (χ4n) is 5.23. The topological polar surface area (TPSA) is 201 Å². The molecule has 6 atom stereocenters. The maximum Gasteiger partial charge on any atom is 0.364 e. The first-order valence-electron chi connectivity index (χ1n) is 14.4. The lowest BCUT2D eigenvalue weighted by molar-refractivity contribution is -0.291. The minimum absolute atomic E-state index is 0.124. The number of sulfonamides is 1. The smallest absolute Gasteiger partial charge is 0.364 e. The average Bonchev–Trinajstić information content (AvgIpc) is 3.04. The molecule has 1 fully saturated rings. The van der Waals surface area contributed by atoms with Crippen LogP contribution in [0.3, 0.4) is 0 Å². The number of ether oxygens (including phenoxy) is 2. The number of carboxylic acid groups (broad SMARTS) is 1. The predicted molar refractivity (Wildman–Crippen MR) is 166 cm³/mol. The van der Waals surface area contributed by atoms with Crippen LogP contribution in [-0.2, 0) is 29.1 Å². The maximum atomic E-state index is 13.3. The summed E-state index contributed by atoms with van der Waals surface area (Å²) in [7, 11) is -3.25. The Balaban J connectivity index is 1.55. The molecule has 4 rings (SSSR count). The van der Waals surface area contributed by atoms with E-state index >= 15 is 0 Å². The molecule has 2 unspecified atom stereocenters. The normalized spacial score (nSPS) is 22.8. The quantitative estimate of drug-likeness (QED) is 0.165. The van der Waals surface area contributed by atoms with E-state index < -0.39 is 77.0 Å². The van der Waals surface area contributed by atoms with Crippen molar-refractivity contribution in [2.45, 2.75) is 61.3 Å². The van der Waals surface area contributed by atoms with Gasteiger partial charge in [0.25, 0.3) is 11.7 Å². The van der Waals surface area contributed by atoms with Gasteiger partial charge in [-0.1, -0.05) is 60.2 Å². The third-order valence-corrected chi connectivity index (χ3v) is 9.23. The molecule has 0 bridgehead atoms. The Bertz CT molecular complexity index is 1630. The second kappa shape index (κ2) is 14.5. The number of aliphatic hydroxyl groups excluding tert-OH is 2. The van der Waals surface area contributed by atoms with E-state index in [-0.39, 0.29) is 10.5 Å². The molecule has 0 radical (unpaired) electrons. The number of rotatable bonds is 12. The Hall–Kier alpha value is -4.18. The van der Waals surface area contributed by atoms with Crippen LogP contribution in [0, 0.1) is 6.92 Å². The largest absolute Gasteiger partial charge is 0.477 e. The minimum atomic E-state index is -4.28. The number of benzene rings is 3. The molecule has 0 aromatic heterocycles. The highest BCUT2D eigenvalue weighted by molar-refractivity contribution is 7.89. The zero-order chi connectivity index (χ0) is 33.6. The fraction of sp³-hybridized carbons (Fsp3) is 0.344. The molecule has 0 spiro atoms. The van der Waals surface area contributed by atoms with Gasteiger partial charge in [-0.25, -0.2) is 17.9 Å². The number of aryl methyl sites for hydroxylation is 1. The monoisotopic (exact) mass is 655 g/mol. The van der Waals surface area contributed by atoms with Crippen LogP contribution in [0.25, 0.3) is 11.1 Å². The van der Waals surface area contributed by atoms with Crippen LogP contribution in [-0.4, -0.2) is 91.4 Å². The number of carboxylic acids is 1. The van der Waals surface area contributed by atoms with Crippen molar-refractivity contribution in [2.75, 3.05) is 13.7 Å². The molecule has 14 heteroatoms. The van der Waals surface area contributed by atoms with Gasteiger partial charge in [0, 0.05) is 32.6 Å². The SMILES string of the molecule is CO[C@]1(C(=O)O)C[C@@H](NS(=O)(=O)c2ccc(C)cc2)C(NC(C)=O)C([C@H](O)[C@H](O)CNC(=O)c2ccc(-c3ccccc3)cc2)O1. The third-order valence-electron chi connectivity index (χ3n) is 7.72. The van der Waals surface area contributed by atoms with Gasteiger partial charge in [0.05, 0.1) is 23.1 Å². The summed E-state index contributed by atoms with van der Waals surface area (Å²) in [5.41, 5.74) is 2.93. The number of aliphatic hydroxyl groups is 2. The van der Waals surface area contributed by atoms with Crippen LogP contribution < -0.4 is 15.4 Å². The van der Waals surface area contributed by atoms with Crippen LogP contribution in [0.4, 0.5) is 0 Å². The number of hydrogen-bond donors (Lipinski definition) is 6. The average molecular weight is 656 g/mol. The van der Waals surface area contributed by atoms with Gasteiger partial charge in [0.2, 0.25) is 15.9 Å². The molecule has 46 heavy (non-hydrogen) atoms. The van der Waals surface area contributed by atoms with Crippen molar-refractivity contribution in [3.05, 3.63) is 90.0 Å². The highest BCUT2D eigenvalue weighted by Gasteiger charge is 2.56. The number of nitrogens with one attached hydrogen (secondary N) is 3. The molecule has 1 aliphatic rings. The van der Waals surface area contributed by atoms with Crippen LogP contribution in [0.5, 0.6) is 0 Å². The molecular weight excluding hydrogens is 618 g/mol. The molecule has 2 amide bonds. The summed E-state index contributed by atoms with van der Waals surface area (Å²) in [6.07, 6.45) is -6.00. The van der Waals surface area contributed by atoms with E-state index in [0.29, 0.717) is 0 Å². The molecular formula is C32H37N3O10S. The molecule has 1 saturated heterocycles. The van der Waals surface area contributed by atoms with E-state index in [1.54, 1.807) is 43.3 Å². The fourth-order valence-corrected chi connectivity index (χ4v) is 6.49. The van der Waals surface area contributed by atoms with Gasteiger partial charge < -0.3 is 35.4 Å². The number of aliphatic carboxylic acids is 1. The number of carbonyl (C=O) groups excluding carboxylic acids is 2. The van der Waals surface area contributed by atoms with Crippen molar-refractivity contribution in [2.24, 2.45) is 0 Å². The van der Waals surface area contributed by atoms with Crippen molar-refractivity contribution in [3.8, 4) is 11.1 Å². The molecule has 3 aromatic rings. The molecule has 1 heterocycles. The standard InChI is InChI=1S/C32H37N3O10S/c1-19-9-15-24(16-10-19)46(42,43)35-25-17-32(44-3,31(40)41)45-29(27(25)34-20(2)36)28(38)26(37)18-33-30(39)23-13-11-22(12-14-23)21-7-5-4-6-8-21/h4-16,25-29,35,37-38H,17-18H2,1-3H3,(H,33,39)(H,34,36)(H,40,41)/t25-,26-,27?,28-,29?,32-/m1/s1. The number of amides is 2. The zero-order valence-electron chi connectivity index (χ0n) is 25.4. The first-order chi connectivity index (χ1) is 21.8. The zero-order valence-corrected chi connectivity index (χ0v) is 26.2. The van der Waals surface area contributed by atoms with Gasteiger partial charge in [-0.2, -0.15) is 0 Å². The summed E-state index contributed by atoms with van der Waals surface area (Å²) in [6.45, 7) is 2.42. The lowest BCUT2D eigenvalue weighted by atomic mass is 9.87. The van der Waals surface area contributed by atoms with Crippen molar-refractivity contribution in [1.82, 2.24) is 15.4 Å². The lowest BCUT2D eigenvalue weighted by Crippen LogP contribution is -2.70. The second-order valence-electron chi connectivity index (χ2n) is 11.0. The van der Waals surface area contributed by atoms with Gasteiger partial charge in [-0.3, -0.25) is 9.59 Å². The summed E-state index contributed by atoms with van der Waals surface area (Å²) < 4.78 is 39.9. The van der Waals surface area contributed by atoms with Gasteiger partial charge in [-0.05, 0) is 42.3 Å². The summed E-state index contributed by atoms with van der Waals surface area (Å²) in [5, 5.41) is 37.2. The van der Waals surface area contributed by atoms with E-state index in [4.69, 9.17) is 9.47 Å². The molecule has 6 N–H and O–H groups in total. The molecule has 0 saturated carbocycles. The maximum absolute atomic E-state index is 13.3. The highest BCUT2D eigenvalue weighted by atomic mass is 32.2. The van der Waals surface area contributed by atoms with Crippen LogP contribution in [0.2, 0.25) is 0 Å². The van der Waals surface area contributed by atoms with Crippen LogP contribution >= 0.6 is 0 Å².